The highest BCUT2D eigenvalue weighted by atomic mass is 32.1. The van der Waals surface area contributed by atoms with Gasteiger partial charge >= 0.3 is 0 Å². The molecule has 2 aromatic carbocycles. The zero-order valence-electron chi connectivity index (χ0n) is 13.3. The molecule has 1 aromatic heterocycles. The van der Waals surface area contributed by atoms with Crippen LogP contribution in [0.25, 0.3) is 10.1 Å². The van der Waals surface area contributed by atoms with Gasteiger partial charge in [0, 0.05) is 28.1 Å². The van der Waals surface area contributed by atoms with E-state index in [1.165, 1.54) is 25.4 Å². The maximum atomic E-state index is 12.6. The molecule has 0 aliphatic heterocycles. The van der Waals surface area contributed by atoms with Gasteiger partial charge in [0.2, 0.25) is 5.91 Å². The first-order valence-electron chi connectivity index (χ1n) is 7.31. The Morgan fingerprint density at radius 3 is 2.62 bits per heavy atom. The maximum Gasteiger partial charge on any atom is 0.257 e. The molecular weight excluding hydrogens is 324 g/mol. The number of carbonyl (C=O) groups excluding carboxylic acids is 2. The minimum absolute atomic E-state index is 0.189. The Morgan fingerprint density at radius 2 is 1.88 bits per heavy atom. The van der Waals surface area contributed by atoms with Gasteiger partial charge < -0.3 is 15.4 Å². The van der Waals surface area contributed by atoms with Crippen LogP contribution < -0.4 is 15.4 Å². The minimum Gasteiger partial charge on any atom is -0.495 e. The second-order valence-corrected chi connectivity index (χ2v) is 6.11. The summed E-state index contributed by atoms with van der Waals surface area (Å²) < 4.78 is 6.28. The van der Waals surface area contributed by atoms with E-state index in [9.17, 15) is 9.59 Å². The van der Waals surface area contributed by atoms with Crippen molar-refractivity contribution in [3.63, 3.8) is 0 Å². The van der Waals surface area contributed by atoms with Crippen LogP contribution in [-0.2, 0) is 4.79 Å². The number of anilines is 2. The molecule has 0 fully saturated rings. The van der Waals surface area contributed by atoms with Crippen molar-refractivity contribution in [2.75, 3.05) is 17.7 Å². The third-order valence-electron chi connectivity index (χ3n) is 3.49. The second kappa shape index (κ2) is 6.72. The molecule has 122 valence electrons. The van der Waals surface area contributed by atoms with E-state index in [-0.39, 0.29) is 11.8 Å². The van der Waals surface area contributed by atoms with Crippen molar-refractivity contribution in [1.29, 1.82) is 0 Å². The van der Waals surface area contributed by atoms with Gasteiger partial charge in [-0.25, -0.2) is 0 Å². The van der Waals surface area contributed by atoms with Crippen molar-refractivity contribution in [2.24, 2.45) is 0 Å². The van der Waals surface area contributed by atoms with Gasteiger partial charge in [-0.1, -0.05) is 18.2 Å². The number of rotatable bonds is 4. The number of nitrogens with one attached hydrogen (secondary N) is 2. The quantitative estimate of drug-likeness (QED) is 0.751. The van der Waals surface area contributed by atoms with Gasteiger partial charge in [-0.15, -0.1) is 11.3 Å². The molecular formula is C18H16N2O3S. The van der Waals surface area contributed by atoms with Gasteiger partial charge in [0.25, 0.3) is 5.91 Å². The summed E-state index contributed by atoms with van der Waals surface area (Å²) in [5, 5.41) is 8.32. The number of benzene rings is 2. The largest absolute Gasteiger partial charge is 0.495 e. The Kier molecular flexibility index (Phi) is 4.48. The summed E-state index contributed by atoms with van der Waals surface area (Å²) in [5.74, 6) is 0.135. The van der Waals surface area contributed by atoms with Crippen LogP contribution in [0.3, 0.4) is 0 Å². The highest BCUT2D eigenvalue weighted by Gasteiger charge is 2.13. The van der Waals surface area contributed by atoms with Gasteiger partial charge in [0.05, 0.1) is 18.4 Å². The van der Waals surface area contributed by atoms with E-state index in [2.05, 4.69) is 10.6 Å². The summed E-state index contributed by atoms with van der Waals surface area (Å²) >= 11 is 1.53. The van der Waals surface area contributed by atoms with Crippen LogP contribution in [0, 0.1) is 0 Å². The molecule has 1 heterocycles. The predicted molar refractivity (Wildman–Crippen MR) is 97.1 cm³/mol. The molecule has 5 nitrogen and oxygen atoms in total. The zero-order chi connectivity index (χ0) is 17.1. The molecule has 0 saturated carbocycles. The standard InChI is InChI=1S/C18H16N2O3S/c1-11(21)19-15-9-12(7-8-16(15)23-2)20-18(22)14-10-24-17-6-4-3-5-13(14)17/h3-10H,1-2H3,(H,19,21)(H,20,22). The monoisotopic (exact) mass is 340 g/mol. The smallest absolute Gasteiger partial charge is 0.257 e. The number of methoxy groups -OCH3 is 1. The SMILES string of the molecule is COc1ccc(NC(=O)c2csc3ccccc23)cc1NC(C)=O. The third-order valence-corrected chi connectivity index (χ3v) is 4.46. The van der Waals surface area contributed by atoms with Gasteiger partial charge in [-0.05, 0) is 24.3 Å². The van der Waals surface area contributed by atoms with E-state index in [1.807, 2.05) is 29.6 Å². The highest BCUT2D eigenvalue weighted by molar-refractivity contribution is 7.17. The lowest BCUT2D eigenvalue weighted by Gasteiger charge is -2.11. The molecule has 3 rings (SSSR count). The van der Waals surface area contributed by atoms with Gasteiger partial charge in [-0.3, -0.25) is 9.59 Å². The summed E-state index contributed by atoms with van der Waals surface area (Å²) in [6, 6.07) is 12.9. The van der Waals surface area contributed by atoms with Gasteiger partial charge in [0.1, 0.15) is 5.75 Å². The number of ether oxygens (including phenoxy) is 1. The summed E-state index contributed by atoms with van der Waals surface area (Å²) in [5.41, 5.74) is 1.73. The molecule has 0 radical (unpaired) electrons. The highest BCUT2D eigenvalue weighted by Crippen LogP contribution is 2.29. The fraction of sp³-hybridized carbons (Fsp3) is 0.111. The molecule has 0 aliphatic rings. The minimum atomic E-state index is -0.208. The lowest BCUT2D eigenvalue weighted by atomic mass is 10.1. The molecule has 2 amide bonds. The van der Waals surface area contributed by atoms with E-state index < -0.39 is 0 Å². The third kappa shape index (κ3) is 3.23. The van der Waals surface area contributed by atoms with Crippen LogP contribution >= 0.6 is 11.3 Å². The Hall–Kier alpha value is -2.86. The lowest BCUT2D eigenvalue weighted by molar-refractivity contribution is -0.114. The Bertz CT molecular complexity index is 918. The summed E-state index contributed by atoms with van der Waals surface area (Å²) in [6.45, 7) is 1.42. The van der Waals surface area contributed by atoms with E-state index in [4.69, 9.17) is 4.74 Å². The number of fused-ring (bicyclic) bond motifs is 1. The van der Waals surface area contributed by atoms with Crippen LogP contribution in [0.2, 0.25) is 0 Å². The van der Waals surface area contributed by atoms with Crippen LogP contribution in [0.15, 0.2) is 47.8 Å². The summed E-state index contributed by atoms with van der Waals surface area (Å²) in [4.78, 5) is 23.8. The Morgan fingerprint density at radius 1 is 1.08 bits per heavy atom. The summed E-state index contributed by atoms with van der Waals surface area (Å²) in [6.07, 6.45) is 0. The van der Waals surface area contributed by atoms with Crippen molar-refractivity contribution in [3.8, 4) is 5.75 Å². The van der Waals surface area contributed by atoms with Crippen LogP contribution in [0.1, 0.15) is 17.3 Å². The topological polar surface area (TPSA) is 67.4 Å². The van der Waals surface area contributed by atoms with Crippen molar-refractivity contribution >= 4 is 44.6 Å². The van der Waals surface area contributed by atoms with Crippen molar-refractivity contribution in [1.82, 2.24) is 0 Å². The number of thiophene rings is 1. The van der Waals surface area contributed by atoms with Crippen LogP contribution in [0.5, 0.6) is 5.75 Å². The van der Waals surface area contributed by atoms with Crippen LogP contribution in [-0.4, -0.2) is 18.9 Å². The van der Waals surface area contributed by atoms with E-state index in [0.29, 0.717) is 22.7 Å². The molecule has 0 atom stereocenters. The molecule has 24 heavy (non-hydrogen) atoms. The molecule has 0 unspecified atom stereocenters. The average molecular weight is 340 g/mol. The number of hydrogen-bond acceptors (Lipinski definition) is 4. The number of hydrogen-bond donors (Lipinski definition) is 2. The van der Waals surface area contributed by atoms with Crippen molar-refractivity contribution in [3.05, 3.63) is 53.4 Å². The fourth-order valence-electron chi connectivity index (χ4n) is 2.43. The van der Waals surface area contributed by atoms with E-state index in [0.717, 1.165) is 10.1 Å². The van der Waals surface area contributed by atoms with Crippen molar-refractivity contribution in [2.45, 2.75) is 6.92 Å². The lowest BCUT2D eigenvalue weighted by Crippen LogP contribution is -2.12. The van der Waals surface area contributed by atoms with Crippen molar-refractivity contribution < 1.29 is 14.3 Å². The second-order valence-electron chi connectivity index (χ2n) is 5.20. The first kappa shape index (κ1) is 16.0. The maximum absolute atomic E-state index is 12.6. The molecule has 0 saturated heterocycles. The molecule has 0 aliphatic carbocycles. The Balaban J connectivity index is 1.87. The first-order valence-corrected chi connectivity index (χ1v) is 8.19. The fourth-order valence-corrected chi connectivity index (χ4v) is 3.37. The van der Waals surface area contributed by atoms with E-state index in [1.54, 1.807) is 18.2 Å². The predicted octanol–water partition coefficient (Wildman–Crippen LogP) is 4.12. The first-order chi connectivity index (χ1) is 11.6. The number of carbonyl (C=O) groups is 2. The van der Waals surface area contributed by atoms with Gasteiger partial charge in [0.15, 0.2) is 0 Å². The normalized spacial score (nSPS) is 10.4. The molecule has 0 bridgehead atoms. The van der Waals surface area contributed by atoms with Crippen LogP contribution in [0.4, 0.5) is 11.4 Å². The molecule has 3 aromatic rings. The zero-order valence-corrected chi connectivity index (χ0v) is 14.1. The van der Waals surface area contributed by atoms with E-state index >= 15 is 0 Å². The molecule has 0 spiro atoms. The molecule has 2 N–H and O–H groups in total. The van der Waals surface area contributed by atoms with Gasteiger partial charge in [-0.2, -0.15) is 0 Å². The molecule has 6 heteroatoms. The number of amides is 2. The Labute approximate surface area is 143 Å². The average Bonchev–Trinajstić information content (AvgIpc) is 2.98. The summed E-state index contributed by atoms with van der Waals surface area (Å²) in [7, 11) is 1.52.